The Morgan fingerprint density at radius 3 is 2.37 bits per heavy atom. The molecule has 2 rings (SSSR count). The molecule has 19 heavy (non-hydrogen) atoms. The maximum atomic E-state index is 6.17. The number of nitrogens with one attached hydrogen (secondary N) is 1. The molecule has 0 heterocycles. The van der Waals surface area contributed by atoms with Gasteiger partial charge in [0.05, 0.1) is 5.69 Å². The van der Waals surface area contributed by atoms with E-state index >= 15 is 0 Å². The Bertz CT molecular complexity index is 581. The number of benzene rings is 2. The van der Waals surface area contributed by atoms with Crippen LogP contribution >= 0.6 is 43.5 Å². The van der Waals surface area contributed by atoms with Crippen LogP contribution in [-0.2, 0) is 0 Å². The van der Waals surface area contributed by atoms with E-state index in [1.807, 2.05) is 31.2 Å². The van der Waals surface area contributed by atoms with Crippen molar-refractivity contribution in [2.75, 3.05) is 5.32 Å². The summed E-state index contributed by atoms with van der Waals surface area (Å²) in [7, 11) is 0. The molecule has 2 aromatic rings. The number of anilines is 1. The van der Waals surface area contributed by atoms with Gasteiger partial charge in [-0.05, 0) is 65.2 Å². The van der Waals surface area contributed by atoms with E-state index in [1.165, 1.54) is 5.56 Å². The maximum absolute atomic E-state index is 6.17. The molecule has 0 aromatic heterocycles. The Kier molecular flexibility index (Phi) is 4.93. The number of hydrogen-bond acceptors (Lipinski definition) is 1. The molecule has 0 saturated carbocycles. The van der Waals surface area contributed by atoms with Gasteiger partial charge in [0.15, 0.2) is 0 Å². The average molecular weight is 404 g/mol. The molecular formula is C15H14Br2ClN. The zero-order valence-electron chi connectivity index (χ0n) is 10.7. The summed E-state index contributed by atoms with van der Waals surface area (Å²) in [6.45, 7) is 4.12. The van der Waals surface area contributed by atoms with Crippen LogP contribution < -0.4 is 5.32 Å². The number of halogens is 3. The monoisotopic (exact) mass is 401 g/mol. The largest absolute Gasteiger partial charge is 0.378 e. The molecule has 2 aromatic carbocycles. The van der Waals surface area contributed by atoms with Crippen molar-refractivity contribution in [3.05, 3.63) is 61.5 Å². The summed E-state index contributed by atoms with van der Waals surface area (Å²) in [5.41, 5.74) is 3.30. The lowest BCUT2D eigenvalue weighted by atomic mass is 10.1. The van der Waals surface area contributed by atoms with Gasteiger partial charge in [-0.25, -0.2) is 0 Å². The van der Waals surface area contributed by atoms with Crippen LogP contribution in [0.1, 0.15) is 24.1 Å². The van der Waals surface area contributed by atoms with E-state index in [1.54, 1.807) is 0 Å². The highest BCUT2D eigenvalue weighted by Gasteiger charge is 2.09. The fourth-order valence-electron chi connectivity index (χ4n) is 1.82. The molecule has 0 aliphatic rings. The van der Waals surface area contributed by atoms with E-state index < -0.39 is 0 Å². The van der Waals surface area contributed by atoms with Crippen molar-refractivity contribution in [2.24, 2.45) is 0 Å². The van der Waals surface area contributed by atoms with Crippen LogP contribution in [0.15, 0.2) is 45.3 Å². The third-order valence-electron chi connectivity index (χ3n) is 2.99. The second-order valence-corrected chi connectivity index (χ2v) is 6.68. The molecule has 100 valence electrons. The molecule has 0 bridgehead atoms. The van der Waals surface area contributed by atoms with Crippen LogP contribution in [0.25, 0.3) is 0 Å². The SMILES string of the molecule is Cc1cc(Br)c(NC(C)c2ccc(Br)cc2)cc1Cl. The number of hydrogen-bond donors (Lipinski definition) is 1. The van der Waals surface area contributed by atoms with E-state index in [-0.39, 0.29) is 6.04 Å². The van der Waals surface area contributed by atoms with Gasteiger partial charge < -0.3 is 5.32 Å². The molecular weight excluding hydrogens is 389 g/mol. The van der Waals surface area contributed by atoms with Crippen LogP contribution in [0.4, 0.5) is 5.69 Å². The number of rotatable bonds is 3. The maximum Gasteiger partial charge on any atom is 0.0504 e. The van der Waals surface area contributed by atoms with Gasteiger partial charge in [-0.3, -0.25) is 0 Å². The van der Waals surface area contributed by atoms with Gasteiger partial charge in [-0.15, -0.1) is 0 Å². The summed E-state index contributed by atoms with van der Waals surface area (Å²) in [4.78, 5) is 0. The minimum Gasteiger partial charge on any atom is -0.378 e. The van der Waals surface area contributed by atoms with Crippen LogP contribution in [-0.4, -0.2) is 0 Å². The Hall–Kier alpha value is -0.510. The lowest BCUT2D eigenvalue weighted by Gasteiger charge is -2.18. The highest BCUT2D eigenvalue weighted by molar-refractivity contribution is 9.10. The molecule has 0 saturated heterocycles. The number of aryl methyl sites for hydroxylation is 1. The minimum atomic E-state index is 0.211. The van der Waals surface area contributed by atoms with E-state index in [4.69, 9.17) is 11.6 Å². The molecule has 1 unspecified atom stereocenters. The second-order valence-electron chi connectivity index (χ2n) is 4.50. The van der Waals surface area contributed by atoms with Gasteiger partial charge in [0.25, 0.3) is 0 Å². The fraction of sp³-hybridized carbons (Fsp3) is 0.200. The lowest BCUT2D eigenvalue weighted by Crippen LogP contribution is -2.07. The third-order valence-corrected chi connectivity index (χ3v) is 4.58. The summed E-state index contributed by atoms with van der Waals surface area (Å²) >= 11 is 13.2. The highest BCUT2D eigenvalue weighted by Crippen LogP contribution is 2.31. The van der Waals surface area contributed by atoms with Crippen molar-refractivity contribution in [3.8, 4) is 0 Å². The van der Waals surface area contributed by atoms with Crippen molar-refractivity contribution in [3.63, 3.8) is 0 Å². The van der Waals surface area contributed by atoms with Crippen molar-refractivity contribution in [1.82, 2.24) is 0 Å². The minimum absolute atomic E-state index is 0.211. The fourth-order valence-corrected chi connectivity index (χ4v) is 2.83. The first-order valence-electron chi connectivity index (χ1n) is 5.95. The molecule has 0 amide bonds. The van der Waals surface area contributed by atoms with Crippen molar-refractivity contribution in [1.29, 1.82) is 0 Å². The van der Waals surface area contributed by atoms with Crippen LogP contribution in [0, 0.1) is 6.92 Å². The Morgan fingerprint density at radius 2 is 1.74 bits per heavy atom. The van der Waals surface area contributed by atoms with Crippen LogP contribution in [0.5, 0.6) is 0 Å². The highest BCUT2D eigenvalue weighted by atomic mass is 79.9. The molecule has 0 radical (unpaired) electrons. The smallest absolute Gasteiger partial charge is 0.0504 e. The van der Waals surface area contributed by atoms with E-state index in [9.17, 15) is 0 Å². The Morgan fingerprint density at radius 1 is 1.11 bits per heavy atom. The molecule has 0 spiro atoms. The normalized spacial score (nSPS) is 12.3. The van der Waals surface area contributed by atoms with Crippen molar-refractivity contribution < 1.29 is 0 Å². The Balaban J connectivity index is 2.21. The van der Waals surface area contributed by atoms with Gasteiger partial charge in [0.2, 0.25) is 0 Å². The van der Waals surface area contributed by atoms with Gasteiger partial charge in [0, 0.05) is 20.0 Å². The molecule has 1 nitrogen and oxygen atoms in total. The standard InChI is InChI=1S/C15H14Br2ClN/c1-9-7-13(17)15(8-14(9)18)19-10(2)11-3-5-12(16)6-4-11/h3-8,10,19H,1-2H3. The van der Waals surface area contributed by atoms with Crippen LogP contribution in [0.3, 0.4) is 0 Å². The van der Waals surface area contributed by atoms with Crippen molar-refractivity contribution in [2.45, 2.75) is 19.9 Å². The summed E-state index contributed by atoms with van der Waals surface area (Å²) in [6.07, 6.45) is 0. The van der Waals surface area contributed by atoms with Crippen molar-refractivity contribution >= 4 is 49.1 Å². The zero-order chi connectivity index (χ0) is 14.0. The summed E-state index contributed by atoms with van der Waals surface area (Å²) in [5.74, 6) is 0. The van der Waals surface area contributed by atoms with Gasteiger partial charge in [-0.2, -0.15) is 0 Å². The molecule has 0 aliphatic carbocycles. The molecule has 0 aliphatic heterocycles. The molecule has 4 heteroatoms. The van der Waals surface area contributed by atoms with Gasteiger partial charge in [-0.1, -0.05) is 39.7 Å². The Labute approximate surface area is 135 Å². The second kappa shape index (κ2) is 6.29. The predicted octanol–water partition coefficient (Wildman–Crippen LogP) is 6.35. The first kappa shape index (κ1) is 14.9. The lowest BCUT2D eigenvalue weighted by molar-refractivity contribution is 0.883. The summed E-state index contributed by atoms with van der Waals surface area (Å²) in [5, 5.41) is 4.24. The van der Waals surface area contributed by atoms with E-state index in [0.717, 1.165) is 25.2 Å². The van der Waals surface area contributed by atoms with Crippen LogP contribution in [0.2, 0.25) is 5.02 Å². The first-order valence-corrected chi connectivity index (χ1v) is 7.91. The summed E-state index contributed by atoms with van der Waals surface area (Å²) < 4.78 is 2.11. The molecule has 1 N–H and O–H groups in total. The quantitative estimate of drug-likeness (QED) is 0.630. The van der Waals surface area contributed by atoms with Gasteiger partial charge >= 0.3 is 0 Å². The van der Waals surface area contributed by atoms with Gasteiger partial charge in [0.1, 0.15) is 0 Å². The summed E-state index contributed by atoms with van der Waals surface area (Å²) in [6, 6.07) is 12.5. The first-order chi connectivity index (χ1) is 8.97. The predicted molar refractivity (Wildman–Crippen MR) is 90.1 cm³/mol. The third kappa shape index (κ3) is 3.74. The average Bonchev–Trinajstić information content (AvgIpc) is 2.36. The topological polar surface area (TPSA) is 12.0 Å². The molecule has 1 atom stereocenters. The molecule has 0 fully saturated rings. The van der Waals surface area contributed by atoms with E-state index in [2.05, 4.69) is 56.2 Å². The zero-order valence-corrected chi connectivity index (χ0v) is 14.6. The van der Waals surface area contributed by atoms with E-state index in [0.29, 0.717) is 0 Å².